The topological polar surface area (TPSA) is 59.3 Å². The summed E-state index contributed by atoms with van der Waals surface area (Å²) in [6, 6.07) is 2.08. The summed E-state index contributed by atoms with van der Waals surface area (Å²) in [6.45, 7) is 2.59. The van der Waals surface area contributed by atoms with Crippen molar-refractivity contribution in [3.63, 3.8) is 0 Å². The van der Waals surface area contributed by atoms with Gasteiger partial charge in [0.15, 0.2) is 0 Å². The Balaban J connectivity index is 2.00. The quantitative estimate of drug-likeness (QED) is 0.780. The van der Waals surface area contributed by atoms with Crippen molar-refractivity contribution >= 4 is 0 Å². The minimum absolute atomic E-state index is 0.252. The van der Waals surface area contributed by atoms with Gasteiger partial charge in [0.1, 0.15) is 0 Å². The zero-order chi connectivity index (χ0) is 14.0. The first kappa shape index (κ1) is 14.0. The first-order valence-corrected chi connectivity index (χ1v) is 6.67. The van der Waals surface area contributed by atoms with E-state index in [1.54, 1.807) is 7.05 Å². The monoisotopic (exact) mass is 266 g/mol. The highest BCUT2D eigenvalue weighted by molar-refractivity contribution is 5.02. The van der Waals surface area contributed by atoms with E-state index in [-0.39, 0.29) is 11.2 Å². The van der Waals surface area contributed by atoms with Crippen LogP contribution in [0, 0.1) is 0 Å². The van der Waals surface area contributed by atoms with E-state index in [0.717, 1.165) is 23.4 Å². The second kappa shape index (κ2) is 5.71. The summed E-state index contributed by atoms with van der Waals surface area (Å²) >= 11 is 0. The molecular weight excluding hydrogens is 244 g/mol. The van der Waals surface area contributed by atoms with Crippen LogP contribution in [0.5, 0.6) is 0 Å². The second-order valence-electron chi connectivity index (χ2n) is 5.28. The highest BCUT2D eigenvalue weighted by Gasteiger charge is 2.20. The molecule has 0 bridgehead atoms. The molecule has 1 aliphatic heterocycles. The Bertz CT molecular complexity index is 561. The van der Waals surface area contributed by atoms with E-state index in [9.17, 15) is 9.59 Å². The van der Waals surface area contributed by atoms with Crippen LogP contribution in [-0.4, -0.2) is 40.2 Å². The average Bonchev–Trinajstić information content (AvgIpc) is 2.79. The van der Waals surface area contributed by atoms with E-state index in [4.69, 9.17) is 0 Å². The lowest BCUT2D eigenvalue weighted by Gasteiger charge is -2.20. The summed E-state index contributed by atoms with van der Waals surface area (Å²) in [6.07, 6.45) is 2.45. The van der Waals surface area contributed by atoms with Gasteiger partial charge in [-0.15, -0.1) is 0 Å². The summed E-state index contributed by atoms with van der Waals surface area (Å²) in [5.41, 5.74) is 0.203. The Morgan fingerprint density at radius 3 is 2.63 bits per heavy atom. The van der Waals surface area contributed by atoms with Crippen molar-refractivity contribution < 1.29 is 0 Å². The third-order valence-corrected chi connectivity index (χ3v) is 3.98. The Morgan fingerprint density at radius 2 is 2.00 bits per heavy atom. The van der Waals surface area contributed by atoms with E-state index >= 15 is 0 Å². The Morgan fingerprint density at radius 1 is 1.26 bits per heavy atom. The van der Waals surface area contributed by atoms with Crippen LogP contribution in [0.25, 0.3) is 0 Å². The number of nitrogens with one attached hydrogen (secondary N) is 1. The van der Waals surface area contributed by atoms with Crippen LogP contribution >= 0.6 is 0 Å². The van der Waals surface area contributed by atoms with E-state index in [1.165, 1.54) is 30.5 Å². The summed E-state index contributed by atoms with van der Waals surface area (Å²) in [7, 11) is 5.32. The Hall–Kier alpha value is -1.40. The molecular formula is C13H22N4O2. The van der Waals surface area contributed by atoms with Gasteiger partial charge in [0.25, 0.3) is 5.56 Å². The average molecular weight is 266 g/mol. The fourth-order valence-corrected chi connectivity index (χ4v) is 2.55. The highest BCUT2D eigenvalue weighted by Crippen LogP contribution is 2.13. The molecule has 1 aromatic heterocycles. The molecule has 19 heavy (non-hydrogen) atoms. The van der Waals surface area contributed by atoms with Gasteiger partial charge >= 0.3 is 5.69 Å². The molecule has 6 nitrogen and oxygen atoms in total. The molecule has 1 N–H and O–H groups in total. The summed E-state index contributed by atoms with van der Waals surface area (Å²) in [5, 5.41) is 3.34. The number of likely N-dealkylation sites (N-methyl/N-ethyl adjacent to an activating group) is 1. The number of rotatable bonds is 4. The predicted molar refractivity (Wildman–Crippen MR) is 74.3 cm³/mol. The van der Waals surface area contributed by atoms with Gasteiger partial charge in [-0.25, -0.2) is 4.79 Å². The molecule has 1 fully saturated rings. The van der Waals surface area contributed by atoms with Crippen LogP contribution in [0.3, 0.4) is 0 Å². The lowest BCUT2D eigenvalue weighted by Crippen LogP contribution is -2.40. The molecule has 1 saturated heterocycles. The first-order valence-electron chi connectivity index (χ1n) is 6.67. The van der Waals surface area contributed by atoms with E-state index in [1.807, 2.05) is 0 Å². The van der Waals surface area contributed by atoms with E-state index in [0.29, 0.717) is 12.6 Å². The van der Waals surface area contributed by atoms with Crippen LogP contribution in [0.15, 0.2) is 15.7 Å². The molecule has 0 saturated carbocycles. The van der Waals surface area contributed by atoms with Crippen LogP contribution in [0.2, 0.25) is 0 Å². The van der Waals surface area contributed by atoms with Crippen molar-refractivity contribution in [2.75, 3.05) is 20.1 Å². The summed E-state index contributed by atoms with van der Waals surface area (Å²) < 4.78 is 2.64. The Kier molecular flexibility index (Phi) is 4.21. The molecule has 1 aromatic rings. The smallest absolute Gasteiger partial charge is 0.310 e. The van der Waals surface area contributed by atoms with Crippen molar-refractivity contribution in [2.45, 2.75) is 25.4 Å². The number of hydrogen-bond acceptors (Lipinski definition) is 4. The molecule has 0 aliphatic carbocycles. The van der Waals surface area contributed by atoms with Crippen LogP contribution in [0.4, 0.5) is 0 Å². The molecule has 1 atom stereocenters. The maximum Gasteiger partial charge on any atom is 0.330 e. The standard InChI is InChI=1S/C13H22N4O2/c1-15-6-4-5-10(15)8-14-9-11-7-12(18)17(3)13(19)16(11)2/h7,10,14H,4-6,8-9H2,1-3H3. The van der Waals surface area contributed by atoms with Gasteiger partial charge in [-0.1, -0.05) is 0 Å². The number of hydrogen-bond donors (Lipinski definition) is 1. The lowest BCUT2D eigenvalue weighted by molar-refractivity contribution is 0.299. The minimum atomic E-state index is -0.276. The van der Waals surface area contributed by atoms with Crippen LogP contribution < -0.4 is 16.6 Å². The van der Waals surface area contributed by atoms with Crippen molar-refractivity contribution in [1.29, 1.82) is 0 Å². The SMILES string of the molecule is CN1CCCC1CNCc1cc(=O)n(C)c(=O)n1C. The lowest BCUT2D eigenvalue weighted by atomic mass is 10.2. The van der Waals surface area contributed by atoms with E-state index < -0.39 is 0 Å². The fourth-order valence-electron chi connectivity index (χ4n) is 2.55. The van der Waals surface area contributed by atoms with Gasteiger partial charge in [0.05, 0.1) is 0 Å². The molecule has 1 unspecified atom stereocenters. The first-order chi connectivity index (χ1) is 9.00. The van der Waals surface area contributed by atoms with Gasteiger partial charge < -0.3 is 10.2 Å². The van der Waals surface area contributed by atoms with Gasteiger partial charge in [0.2, 0.25) is 0 Å². The van der Waals surface area contributed by atoms with Crippen LogP contribution in [-0.2, 0) is 20.6 Å². The molecule has 0 spiro atoms. The van der Waals surface area contributed by atoms with Crippen molar-refractivity contribution in [3.05, 3.63) is 32.6 Å². The molecule has 106 valence electrons. The number of likely N-dealkylation sites (tertiary alicyclic amines) is 1. The minimum Gasteiger partial charge on any atom is -0.310 e. The van der Waals surface area contributed by atoms with Gasteiger partial charge in [-0.2, -0.15) is 0 Å². The molecule has 0 aromatic carbocycles. The maximum atomic E-state index is 11.8. The van der Waals surface area contributed by atoms with Crippen LogP contribution in [0.1, 0.15) is 18.5 Å². The highest BCUT2D eigenvalue weighted by atomic mass is 16.2. The van der Waals surface area contributed by atoms with Crippen molar-refractivity contribution in [3.8, 4) is 0 Å². The van der Waals surface area contributed by atoms with Gasteiger partial charge in [0, 0.05) is 45.0 Å². The number of aromatic nitrogens is 2. The van der Waals surface area contributed by atoms with E-state index in [2.05, 4.69) is 17.3 Å². The third-order valence-electron chi connectivity index (χ3n) is 3.98. The molecule has 6 heteroatoms. The van der Waals surface area contributed by atoms with Gasteiger partial charge in [-0.05, 0) is 26.4 Å². The van der Waals surface area contributed by atoms with Crippen molar-refractivity contribution in [2.24, 2.45) is 14.1 Å². The Labute approximate surface area is 112 Å². The van der Waals surface area contributed by atoms with Gasteiger partial charge in [-0.3, -0.25) is 13.9 Å². The summed E-state index contributed by atoms with van der Waals surface area (Å²) in [5.74, 6) is 0. The fraction of sp³-hybridized carbons (Fsp3) is 0.692. The third kappa shape index (κ3) is 2.96. The molecule has 2 heterocycles. The molecule has 2 rings (SSSR count). The second-order valence-corrected chi connectivity index (χ2v) is 5.28. The van der Waals surface area contributed by atoms with Crippen molar-refractivity contribution in [1.82, 2.24) is 19.4 Å². The normalized spacial score (nSPS) is 20.1. The molecule has 0 radical (unpaired) electrons. The molecule has 0 amide bonds. The zero-order valence-electron chi connectivity index (χ0n) is 11.8. The maximum absolute atomic E-state index is 11.8. The predicted octanol–water partition coefficient (Wildman–Crippen LogP) is -0.732. The largest absolute Gasteiger partial charge is 0.330 e. The molecule has 1 aliphatic rings. The summed E-state index contributed by atoms with van der Waals surface area (Å²) in [4.78, 5) is 25.7. The zero-order valence-corrected chi connectivity index (χ0v) is 11.8. The number of nitrogens with zero attached hydrogens (tertiary/aromatic N) is 3.